The first-order valence-corrected chi connectivity index (χ1v) is 7.11. The SMILES string of the molecule is C(=C(/[C]1CCCC1)c1ccccc1)/c1ccccc1. The van der Waals surface area contributed by atoms with E-state index >= 15 is 0 Å². The summed E-state index contributed by atoms with van der Waals surface area (Å²) in [6, 6.07) is 21.4. The van der Waals surface area contributed by atoms with Crippen molar-refractivity contribution in [2.24, 2.45) is 0 Å². The molecular formula is C19H19. The molecule has 0 N–H and O–H groups in total. The van der Waals surface area contributed by atoms with Crippen LogP contribution in [-0.2, 0) is 0 Å². The molecule has 0 heteroatoms. The molecule has 3 rings (SSSR count). The fourth-order valence-corrected chi connectivity index (χ4v) is 2.79. The normalized spacial score (nSPS) is 16.7. The first-order valence-electron chi connectivity index (χ1n) is 7.11. The third kappa shape index (κ3) is 2.96. The highest BCUT2D eigenvalue weighted by Gasteiger charge is 2.21. The fourth-order valence-electron chi connectivity index (χ4n) is 2.79. The summed E-state index contributed by atoms with van der Waals surface area (Å²) in [5.74, 6) is 1.62. The van der Waals surface area contributed by atoms with E-state index in [2.05, 4.69) is 66.7 Å². The van der Waals surface area contributed by atoms with Gasteiger partial charge in [-0.1, -0.05) is 79.6 Å². The van der Waals surface area contributed by atoms with E-state index in [1.54, 1.807) is 5.92 Å². The molecule has 0 bridgehead atoms. The van der Waals surface area contributed by atoms with Crippen LogP contribution in [0.2, 0.25) is 0 Å². The van der Waals surface area contributed by atoms with Gasteiger partial charge in [0.05, 0.1) is 0 Å². The standard InChI is InChI=1S/C19H19/c1-3-9-16(10-4-1)15-19(18-13-7-8-14-18)17-11-5-2-6-12-17/h1-6,9-12,15H,7-8,13-14H2/b19-15-. The summed E-state index contributed by atoms with van der Waals surface area (Å²) in [4.78, 5) is 0. The van der Waals surface area contributed by atoms with Crippen molar-refractivity contribution in [1.29, 1.82) is 0 Å². The molecule has 1 fully saturated rings. The minimum absolute atomic E-state index is 1.26. The lowest BCUT2D eigenvalue weighted by molar-refractivity contribution is 0.886. The molecule has 0 aliphatic heterocycles. The van der Waals surface area contributed by atoms with Crippen molar-refractivity contribution in [3.05, 3.63) is 77.7 Å². The molecule has 1 aliphatic rings. The van der Waals surface area contributed by atoms with Gasteiger partial charge in [-0.05, 0) is 29.5 Å². The number of allylic oxidation sites excluding steroid dienone is 1. The first-order chi connectivity index (χ1) is 9.43. The maximum Gasteiger partial charge on any atom is 0.00561 e. The van der Waals surface area contributed by atoms with Gasteiger partial charge in [0.1, 0.15) is 0 Å². The van der Waals surface area contributed by atoms with Gasteiger partial charge < -0.3 is 0 Å². The van der Waals surface area contributed by atoms with Gasteiger partial charge in [0, 0.05) is 5.92 Å². The van der Waals surface area contributed by atoms with Crippen molar-refractivity contribution < 1.29 is 0 Å². The summed E-state index contributed by atoms with van der Waals surface area (Å²) in [7, 11) is 0. The Morgan fingerprint density at radius 1 is 0.737 bits per heavy atom. The highest BCUT2D eigenvalue weighted by Crippen LogP contribution is 2.39. The molecule has 0 nitrogen and oxygen atoms in total. The van der Waals surface area contributed by atoms with E-state index in [0.717, 1.165) is 0 Å². The molecule has 0 aromatic heterocycles. The van der Waals surface area contributed by atoms with Crippen molar-refractivity contribution in [1.82, 2.24) is 0 Å². The van der Waals surface area contributed by atoms with Gasteiger partial charge in [0.2, 0.25) is 0 Å². The molecule has 0 heterocycles. The second-order valence-corrected chi connectivity index (χ2v) is 5.15. The molecule has 95 valence electrons. The Bertz CT molecular complexity index is 531. The highest BCUT2D eigenvalue weighted by atomic mass is 14.2. The van der Waals surface area contributed by atoms with Gasteiger partial charge in [-0.2, -0.15) is 0 Å². The van der Waals surface area contributed by atoms with Crippen LogP contribution in [0, 0.1) is 5.92 Å². The number of rotatable bonds is 3. The quantitative estimate of drug-likeness (QED) is 0.639. The smallest absolute Gasteiger partial charge is 0.00561 e. The minimum atomic E-state index is 1.26. The van der Waals surface area contributed by atoms with Crippen LogP contribution >= 0.6 is 0 Å². The van der Waals surface area contributed by atoms with Gasteiger partial charge in [0.15, 0.2) is 0 Å². The zero-order valence-corrected chi connectivity index (χ0v) is 11.2. The van der Waals surface area contributed by atoms with Crippen LogP contribution in [0.1, 0.15) is 36.8 Å². The molecule has 2 aromatic rings. The van der Waals surface area contributed by atoms with Gasteiger partial charge in [-0.15, -0.1) is 0 Å². The van der Waals surface area contributed by atoms with E-state index in [1.807, 2.05) is 0 Å². The maximum absolute atomic E-state index is 2.34. The van der Waals surface area contributed by atoms with E-state index in [-0.39, 0.29) is 0 Å². The van der Waals surface area contributed by atoms with E-state index < -0.39 is 0 Å². The average molecular weight is 247 g/mol. The molecule has 0 spiro atoms. The topological polar surface area (TPSA) is 0 Å². The first kappa shape index (κ1) is 12.2. The van der Waals surface area contributed by atoms with E-state index in [4.69, 9.17) is 0 Å². The molecule has 0 unspecified atom stereocenters. The average Bonchev–Trinajstić information content (AvgIpc) is 3.01. The highest BCUT2D eigenvalue weighted by molar-refractivity contribution is 5.89. The van der Waals surface area contributed by atoms with Gasteiger partial charge in [0.25, 0.3) is 0 Å². The van der Waals surface area contributed by atoms with Crippen molar-refractivity contribution in [2.75, 3.05) is 0 Å². The minimum Gasteiger partial charge on any atom is -0.0622 e. The van der Waals surface area contributed by atoms with Crippen LogP contribution in [0.3, 0.4) is 0 Å². The summed E-state index contributed by atoms with van der Waals surface area (Å²) in [6.45, 7) is 0. The Hall–Kier alpha value is -1.82. The third-order valence-corrected chi connectivity index (χ3v) is 3.78. The van der Waals surface area contributed by atoms with Gasteiger partial charge in [-0.3, -0.25) is 0 Å². The molecule has 0 atom stereocenters. The second kappa shape index (κ2) is 5.88. The molecule has 0 amide bonds. The lowest BCUT2D eigenvalue weighted by Gasteiger charge is -2.15. The van der Waals surface area contributed by atoms with Gasteiger partial charge in [-0.25, -0.2) is 0 Å². The van der Waals surface area contributed by atoms with Crippen LogP contribution < -0.4 is 0 Å². The number of hydrogen-bond donors (Lipinski definition) is 0. The van der Waals surface area contributed by atoms with Crippen LogP contribution in [0.5, 0.6) is 0 Å². The van der Waals surface area contributed by atoms with E-state index in [0.29, 0.717) is 0 Å². The fraction of sp³-hybridized carbons (Fsp3) is 0.211. The number of benzene rings is 2. The summed E-state index contributed by atoms with van der Waals surface area (Å²) < 4.78 is 0. The Kier molecular flexibility index (Phi) is 3.78. The molecule has 1 aliphatic carbocycles. The molecule has 19 heavy (non-hydrogen) atoms. The monoisotopic (exact) mass is 247 g/mol. The largest absolute Gasteiger partial charge is 0.0622 e. The molecule has 0 saturated heterocycles. The summed E-state index contributed by atoms with van der Waals surface area (Å²) >= 11 is 0. The van der Waals surface area contributed by atoms with Crippen molar-refractivity contribution in [3.63, 3.8) is 0 Å². The molecular weight excluding hydrogens is 228 g/mol. The van der Waals surface area contributed by atoms with Crippen molar-refractivity contribution >= 4 is 11.6 Å². The van der Waals surface area contributed by atoms with E-state index in [1.165, 1.54) is 42.4 Å². The molecule has 2 aromatic carbocycles. The Morgan fingerprint density at radius 3 is 1.95 bits per heavy atom. The maximum atomic E-state index is 2.34. The van der Waals surface area contributed by atoms with Crippen molar-refractivity contribution in [3.8, 4) is 0 Å². The van der Waals surface area contributed by atoms with E-state index in [9.17, 15) is 0 Å². The van der Waals surface area contributed by atoms with Gasteiger partial charge >= 0.3 is 0 Å². The lowest BCUT2D eigenvalue weighted by Crippen LogP contribution is -1.95. The Morgan fingerprint density at radius 2 is 1.32 bits per heavy atom. The van der Waals surface area contributed by atoms with Crippen LogP contribution in [-0.4, -0.2) is 0 Å². The summed E-state index contributed by atoms with van der Waals surface area (Å²) in [6.07, 6.45) is 7.54. The predicted molar refractivity (Wildman–Crippen MR) is 82.5 cm³/mol. The van der Waals surface area contributed by atoms with Crippen molar-refractivity contribution in [2.45, 2.75) is 25.7 Å². The Labute approximate surface area is 115 Å². The third-order valence-electron chi connectivity index (χ3n) is 3.78. The summed E-state index contributed by atoms with van der Waals surface area (Å²) in [5.41, 5.74) is 4.08. The molecule has 1 saturated carbocycles. The zero-order valence-electron chi connectivity index (χ0n) is 11.2. The summed E-state index contributed by atoms with van der Waals surface area (Å²) in [5, 5.41) is 0. The van der Waals surface area contributed by atoms with Crippen LogP contribution in [0.15, 0.2) is 60.7 Å². The van der Waals surface area contributed by atoms with Crippen LogP contribution in [0.4, 0.5) is 0 Å². The van der Waals surface area contributed by atoms with Crippen LogP contribution in [0.25, 0.3) is 11.6 Å². The number of hydrogen-bond acceptors (Lipinski definition) is 0. The Balaban J connectivity index is 1.99. The second-order valence-electron chi connectivity index (χ2n) is 5.15. The zero-order chi connectivity index (χ0) is 12.9. The lowest BCUT2D eigenvalue weighted by atomic mass is 9.89. The molecule has 1 radical (unpaired) electrons. The predicted octanol–water partition coefficient (Wildman–Crippen LogP) is 5.38.